The van der Waals surface area contributed by atoms with Gasteiger partial charge in [-0.3, -0.25) is 0 Å². The summed E-state index contributed by atoms with van der Waals surface area (Å²) in [6, 6.07) is 3.85. The van der Waals surface area contributed by atoms with Crippen molar-refractivity contribution in [2.24, 2.45) is 7.05 Å². The zero-order chi connectivity index (χ0) is 15.3. The molecule has 3 heterocycles. The van der Waals surface area contributed by atoms with E-state index < -0.39 is 0 Å². The Balaban J connectivity index is 1.84. The van der Waals surface area contributed by atoms with Gasteiger partial charge >= 0.3 is 0 Å². The first-order chi connectivity index (χ1) is 10.6. The number of pyridine rings is 1. The molecule has 112 valence electrons. The van der Waals surface area contributed by atoms with Crippen molar-refractivity contribution in [3.05, 3.63) is 23.0 Å². The van der Waals surface area contributed by atoms with E-state index in [4.69, 9.17) is 11.6 Å². The van der Waals surface area contributed by atoms with Crippen LogP contribution < -0.4 is 0 Å². The zero-order valence-electron chi connectivity index (χ0n) is 11.6. The molecule has 3 aromatic heterocycles. The second kappa shape index (κ2) is 5.29. The van der Waals surface area contributed by atoms with Crippen molar-refractivity contribution >= 4 is 36.0 Å². The van der Waals surface area contributed by atoms with Crippen molar-refractivity contribution in [3.63, 3.8) is 0 Å². The van der Waals surface area contributed by atoms with Gasteiger partial charge in [0, 0.05) is 24.2 Å². The van der Waals surface area contributed by atoms with Crippen LogP contribution in [-0.2, 0) is 7.05 Å². The van der Waals surface area contributed by atoms with Gasteiger partial charge in [-0.25, -0.2) is 4.98 Å². The Morgan fingerprint density at radius 1 is 1.23 bits per heavy atom. The number of hydrogen-bond acceptors (Lipinski definition) is 7. The van der Waals surface area contributed by atoms with E-state index in [-0.39, 0.29) is 0 Å². The van der Waals surface area contributed by atoms with Gasteiger partial charge in [-0.15, -0.1) is 22.8 Å². The molecule has 0 aromatic carbocycles. The van der Waals surface area contributed by atoms with Crippen molar-refractivity contribution in [2.45, 2.75) is 23.9 Å². The molecule has 0 aliphatic heterocycles. The molecule has 0 spiro atoms. The molecule has 4 rings (SSSR count). The van der Waals surface area contributed by atoms with Crippen molar-refractivity contribution in [1.82, 2.24) is 28.5 Å². The van der Waals surface area contributed by atoms with Gasteiger partial charge in [0.1, 0.15) is 16.5 Å². The van der Waals surface area contributed by atoms with Crippen LogP contribution in [0.2, 0.25) is 5.15 Å². The molecular weight excluding hydrogens is 340 g/mol. The molecule has 1 saturated carbocycles. The van der Waals surface area contributed by atoms with Gasteiger partial charge in [-0.1, -0.05) is 11.6 Å². The van der Waals surface area contributed by atoms with Crippen LogP contribution >= 0.6 is 36.0 Å². The third-order valence-corrected chi connectivity index (χ3v) is 4.75. The van der Waals surface area contributed by atoms with E-state index in [9.17, 15) is 0 Å². The first-order valence-corrected chi connectivity index (χ1v) is 8.28. The van der Waals surface area contributed by atoms with Gasteiger partial charge in [-0.2, -0.15) is 8.75 Å². The first-order valence-electron chi connectivity index (χ1n) is 6.72. The SMILES string of the molecule is Cn1c(S)nnc1-c1nsnc1-c1cc(Cl)nc(C2CC2)c1. The topological polar surface area (TPSA) is 69.4 Å². The number of aromatic nitrogens is 6. The minimum absolute atomic E-state index is 0.478. The van der Waals surface area contributed by atoms with Crippen LogP contribution in [0.3, 0.4) is 0 Å². The lowest BCUT2D eigenvalue weighted by Gasteiger charge is -2.05. The van der Waals surface area contributed by atoms with Crippen LogP contribution in [0.15, 0.2) is 17.3 Å². The van der Waals surface area contributed by atoms with Gasteiger partial charge in [0.25, 0.3) is 0 Å². The van der Waals surface area contributed by atoms with Crippen molar-refractivity contribution < 1.29 is 0 Å². The maximum Gasteiger partial charge on any atom is 0.188 e. The first kappa shape index (κ1) is 14.1. The quantitative estimate of drug-likeness (QED) is 0.580. The molecule has 1 aliphatic rings. The van der Waals surface area contributed by atoms with Crippen LogP contribution in [0.1, 0.15) is 24.5 Å². The van der Waals surface area contributed by atoms with Crippen LogP contribution in [0.25, 0.3) is 22.8 Å². The smallest absolute Gasteiger partial charge is 0.188 e. The number of hydrogen-bond donors (Lipinski definition) is 1. The third kappa shape index (κ3) is 2.41. The monoisotopic (exact) mass is 350 g/mol. The molecule has 1 aliphatic carbocycles. The van der Waals surface area contributed by atoms with Gasteiger partial charge < -0.3 is 4.57 Å². The average Bonchev–Trinajstić information content (AvgIpc) is 3.16. The summed E-state index contributed by atoms with van der Waals surface area (Å²) in [6.07, 6.45) is 2.34. The van der Waals surface area contributed by atoms with Crippen LogP contribution in [-0.4, -0.2) is 28.5 Å². The maximum atomic E-state index is 6.17. The predicted octanol–water partition coefficient (Wildman–Crippen LogP) is 3.22. The molecule has 0 radical (unpaired) electrons. The van der Waals surface area contributed by atoms with E-state index in [2.05, 4.69) is 36.6 Å². The fourth-order valence-electron chi connectivity index (χ4n) is 2.29. The van der Waals surface area contributed by atoms with Crippen molar-refractivity contribution in [3.8, 4) is 22.8 Å². The van der Waals surface area contributed by atoms with E-state index in [1.807, 2.05) is 19.2 Å². The second-order valence-corrected chi connectivity index (χ2v) is 6.54. The lowest BCUT2D eigenvalue weighted by atomic mass is 10.1. The summed E-state index contributed by atoms with van der Waals surface area (Å²) in [7, 11) is 1.84. The minimum Gasteiger partial charge on any atom is -0.304 e. The van der Waals surface area contributed by atoms with E-state index in [1.54, 1.807) is 4.57 Å². The Labute approximate surface area is 141 Å². The molecule has 6 nitrogen and oxygen atoms in total. The zero-order valence-corrected chi connectivity index (χ0v) is 14.0. The highest BCUT2D eigenvalue weighted by Crippen LogP contribution is 2.41. The summed E-state index contributed by atoms with van der Waals surface area (Å²) in [5.41, 5.74) is 3.37. The van der Waals surface area contributed by atoms with Gasteiger partial charge in [0.05, 0.1) is 11.7 Å². The van der Waals surface area contributed by atoms with E-state index in [0.717, 1.165) is 28.7 Å². The Bertz CT molecular complexity index is 854. The Kier molecular flexibility index (Phi) is 3.39. The largest absolute Gasteiger partial charge is 0.304 e. The highest BCUT2D eigenvalue weighted by molar-refractivity contribution is 7.80. The predicted molar refractivity (Wildman–Crippen MR) is 87.4 cm³/mol. The fraction of sp³-hybridized carbons (Fsp3) is 0.308. The highest BCUT2D eigenvalue weighted by atomic mass is 35.5. The highest BCUT2D eigenvalue weighted by Gasteiger charge is 2.27. The number of thiol groups is 1. The minimum atomic E-state index is 0.478. The lowest BCUT2D eigenvalue weighted by molar-refractivity contribution is 0.797. The molecule has 0 N–H and O–H groups in total. The lowest BCUT2D eigenvalue weighted by Crippen LogP contribution is -1.96. The standard InChI is InChI=1S/C13H11ClN6S2/c1-20-12(16-17-13(20)21)11-10(18-22-19-11)7-4-8(6-2-3-6)15-9(14)5-7/h4-6H,2-3H2,1H3,(H,17,21). The molecule has 1 fully saturated rings. The molecular formula is C13H11ClN6S2. The van der Waals surface area contributed by atoms with Crippen LogP contribution in [0, 0.1) is 0 Å². The van der Waals surface area contributed by atoms with Gasteiger partial charge in [-0.05, 0) is 25.0 Å². The number of nitrogens with zero attached hydrogens (tertiary/aromatic N) is 6. The molecule has 0 bridgehead atoms. The summed E-state index contributed by atoms with van der Waals surface area (Å²) >= 11 is 11.6. The van der Waals surface area contributed by atoms with Crippen LogP contribution in [0.4, 0.5) is 0 Å². The fourth-order valence-corrected chi connectivity index (χ4v) is 3.21. The number of halogens is 1. The van der Waals surface area contributed by atoms with Gasteiger partial charge in [0.2, 0.25) is 0 Å². The second-order valence-electron chi connectivity index (χ2n) is 5.22. The molecule has 3 aromatic rings. The molecule has 22 heavy (non-hydrogen) atoms. The molecule has 0 unspecified atom stereocenters. The van der Waals surface area contributed by atoms with Crippen LogP contribution in [0.5, 0.6) is 0 Å². The molecule has 0 amide bonds. The molecule has 9 heteroatoms. The number of rotatable bonds is 3. The Morgan fingerprint density at radius 2 is 2.00 bits per heavy atom. The normalized spacial score (nSPS) is 14.5. The average molecular weight is 351 g/mol. The van der Waals surface area contributed by atoms with Gasteiger partial charge in [0.15, 0.2) is 11.0 Å². The van der Waals surface area contributed by atoms with E-state index >= 15 is 0 Å². The Morgan fingerprint density at radius 3 is 2.68 bits per heavy atom. The summed E-state index contributed by atoms with van der Waals surface area (Å²) < 4.78 is 10.6. The Hall–Kier alpha value is -1.51. The summed E-state index contributed by atoms with van der Waals surface area (Å²) in [5, 5.41) is 9.09. The van der Waals surface area contributed by atoms with E-state index in [0.29, 0.717) is 27.7 Å². The third-order valence-electron chi connectivity index (χ3n) is 3.64. The summed E-state index contributed by atoms with van der Waals surface area (Å²) in [4.78, 5) is 4.41. The van der Waals surface area contributed by atoms with E-state index in [1.165, 1.54) is 12.8 Å². The summed E-state index contributed by atoms with van der Waals surface area (Å²) in [6.45, 7) is 0. The van der Waals surface area contributed by atoms with Crippen molar-refractivity contribution in [1.29, 1.82) is 0 Å². The molecule has 0 saturated heterocycles. The van der Waals surface area contributed by atoms with Crippen molar-refractivity contribution in [2.75, 3.05) is 0 Å². The maximum absolute atomic E-state index is 6.17. The molecule has 0 atom stereocenters. The summed E-state index contributed by atoms with van der Waals surface area (Å²) in [5.74, 6) is 1.15.